The highest BCUT2D eigenvalue weighted by Gasteiger charge is 2.35. The van der Waals surface area contributed by atoms with Crippen molar-refractivity contribution in [2.45, 2.75) is 26.4 Å². The predicted octanol–water partition coefficient (Wildman–Crippen LogP) is 2.98. The fraction of sp³-hybridized carbons (Fsp3) is 0.364. The van der Waals surface area contributed by atoms with Crippen LogP contribution in [-0.2, 0) is 16.1 Å². The van der Waals surface area contributed by atoms with Crippen LogP contribution in [-0.4, -0.2) is 43.7 Å². The molecule has 1 aromatic carbocycles. The van der Waals surface area contributed by atoms with Crippen molar-refractivity contribution in [1.82, 2.24) is 15.5 Å². The van der Waals surface area contributed by atoms with Crippen LogP contribution in [0.25, 0.3) is 0 Å². The lowest BCUT2D eigenvalue weighted by Crippen LogP contribution is -2.48. The maximum absolute atomic E-state index is 12.7. The van der Waals surface area contributed by atoms with Gasteiger partial charge in [-0.3, -0.25) is 4.90 Å². The number of furan rings is 1. The predicted molar refractivity (Wildman–Crippen MR) is 111 cm³/mol. The van der Waals surface area contributed by atoms with Gasteiger partial charge in [-0.15, -0.1) is 0 Å². The molecular weight excluding hydrogens is 386 g/mol. The smallest absolute Gasteiger partial charge is 0.338 e. The van der Waals surface area contributed by atoms with Crippen molar-refractivity contribution in [3.63, 3.8) is 0 Å². The number of urea groups is 1. The molecule has 3 rings (SSSR count). The third-order valence-electron chi connectivity index (χ3n) is 4.59. The van der Waals surface area contributed by atoms with Crippen molar-refractivity contribution in [3.05, 3.63) is 65.3 Å². The van der Waals surface area contributed by atoms with Crippen molar-refractivity contribution >= 4 is 12.0 Å². The van der Waals surface area contributed by atoms with Gasteiger partial charge in [-0.25, -0.2) is 9.59 Å². The summed E-state index contributed by atoms with van der Waals surface area (Å²) in [6.07, 6.45) is 1.50. The third kappa shape index (κ3) is 5.21. The first-order valence-electron chi connectivity index (χ1n) is 9.93. The zero-order chi connectivity index (χ0) is 21.5. The van der Waals surface area contributed by atoms with Gasteiger partial charge in [0, 0.05) is 18.8 Å². The van der Waals surface area contributed by atoms with Crippen molar-refractivity contribution in [2.75, 3.05) is 26.8 Å². The lowest BCUT2D eigenvalue weighted by atomic mass is 10.00. The Bertz CT molecular complexity index is 890. The van der Waals surface area contributed by atoms with Crippen molar-refractivity contribution < 1.29 is 23.5 Å². The minimum Gasteiger partial charge on any atom is -0.494 e. The topological polar surface area (TPSA) is 93.0 Å². The molecule has 0 saturated carbocycles. The standard InChI is InChI=1S/C22H27N3O5/c1-4-28-16-10-8-15(9-11-16)13-25(3)14-17-19(21(26)29-5-2)20(24-22(27)23-17)18-7-6-12-30-18/h6-12,20H,4-5,13-14H2,1-3H3,(H2,23,24,27). The molecule has 8 nitrogen and oxygen atoms in total. The number of ether oxygens (including phenoxy) is 2. The SMILES string of the molecule is CCOC(=O)C1=C(CN(C)Cc2ccc(OCC)cc2)NC(=O)NC1c1ccco1. The summed E-state index contributed by atoms with van der Waals surface area (Å²) in [5, 5.41) is 5.51. The summed E-state index contributed by atoms with van der Waals surface area (Å²) in [4.78, 5) is 27.0. The lowest BCUT2D eigenvalue weighted by Gasteiger charge is -2.30. The van der Waals surface area contributed by atoms with E-state index in [0.717, 1.165) is 11.3 Å². The normalized spacial score (nSPS) is 16.3. The Morgan fingerprint density at radius 1 is 1.13 bits per heavy atom. The van der Waals surface area contributed by atoms with E-state index in [2.05, 4.69) is 10.6 Å². The fourth-order valence-electron chi connectivity index (χ4n) is 3.36. The van der Waals surface area contributed by atoms with Crippen LogP contribution in [0.15, 0.2) is 58.3 Å². The van der Waals surface area contributed by atoms with Gasteiger partial charge < -0.3 is 24.5 Å². The lowest BCUT2D eigenvalue weighted by molar-refractivity contribution is -0.139. The summed E-state index contributed by atoms with van der Waals surface area (Å²) in [6.45, 7) is 5.52. The second kappa shape index (κ2) is 9.98. The Kier molecular flexibility index (Phi) is 7.13. The summed E-state index contributed by atoms with van der Waals surface area (Å²) in [6, 6.07) is 10.2. The second-order valence-electron chi connectivity index (χ2n) is 6.91. The molecule has 0 fully saturated rings. The zero-order valence-corrected chi connectivity index (χ0v) is 17.4. The average molecular weight is 413 g/mol. The molecule has 1 aromatic heterocycles. The molecule has 160 valence electrons. The summed E-state index contributed by atoms with van der Waals surface area (Å²) >= 11 is 0. The van der Waals surface area contributed by atoms with Gasteiger partial charge in [0.15, 0.2) is 0 Å². The van der Waals surface area contributed by atoms with E-state index in [1.807, 2.05) is 43.1 Å². The molecule has 1 atom stereocenters. The molecule has 2 heterocycles. The minimum atomic E-state index is -0.707. The van der Waals surface area contributed by atoms with Crippen LogP contribution in [0.2, 0.25) is 0 Å². The van der Waals surface area contributed by atoms with Crippen LogP contribution in [0.1, 0.15) is 31.2 Å². The number of nitrogens with zero attached hydrogens (tertiary/aromatic N) is 1. The summed E-state index contributed by atoms with van der Waals surface area (Å²) in [5.41, 5.74) is 1.92. The van der Waals surface area contributed by atoms with Gasteiger partial charge in [-0.2, -0.15) is 0 Å². The molecule has 2 amide bonds. The van der Waals surface area contributed by atoms with Crippen LogP contribution < -0.4 is 15.4 Å². The van der Waals surface area contributed by atoms with Gasteiger partial charge in [0.25, 0.3) is 0 Å². The fourth-order valence-corrected chi connectivity index (χ4v) is 3.36. The Balaban J connectivity index is 1.82. The number of amides is 2. The highest BCUT2D eigenvalue weighted by atomic mass is 16.5. The molecule has 0 saturated heterocycles. The van der Waals surface area contributed by atoms with Gasteiger partial charge in [-0.1, -0.05) is 12.1 Å². The minimum absolute atomic E-state index is 0.233. The average Bonchev–Trinajstić information content (AvgIpc) is 3.24. The molecule has 0 bridgehead atoms. The summed E-state index contributed by atoms with van der Waals surface area (Å²) in [5.74, 6) is 0.804. The van der Waals surface area contributed by atoms with Crippen LogP contribution in [0.4, 0.5) is 4.79 Å². The van der Waals surface area contributed by atoms with Crippen LogP contribution >= 0.6 is 0 Å². The number of benzene rings is 1. The molecule has 2 aromatic rings. The van der Waals surface area contributed by atoms with Crippen LogP contribution in [0.3, 0.4) is 0 Å². The third-order valence-corrected chi connectivity index (χ3v) is 4.59. The highest BCUT2D eigenvalue weighted by Crippen LogP contribution is 2.28. The number of nitrogens with one attached hydrogen (secondary N) is 2. The Morgan fingerprint density at radius 2 is 1.90 bits per heavy atom. The Hall–Kier alpha value is -3.26. The van der Waals surface area contributed by atoms with E-state index < -0.39 is 18.0 Å². The van der Waals surface area contributed by atoms with Gasteiger partial charge in [0.1, 0.15) is 17.6 Å². The van der Waals surface area contributed by atoms with Gasteiger partial charge in [0.05, 0.1) is 25.1 Å². The number of hydrogen-bond acceptors (Lipinski definition) is 6. The molecule has 1 unspecified atom stereocenters. The molecule has 1 aliphatic rings. The van der Waals surface area contributed by atoms with E-state index in [-0.39, 0.29) is 6.61 Å². The van der Waals surface area contributed by atoms with E-state index >= 15 is 0 Å². The first-order valence-corrected chi connectivity index (χ1v) is 9.93. The van der Waals surface area contributed by atoms with Gasteiger partial charge in [-0.05, 0) is 50.7 Å². The first kappa shape index (κ1) is 21.4. The van der Waals surface area contributed by atoms with Crippen molar-refractivity contribution in [3.8, 4) is 5.75 Å². The molecule has 1 aliphatic heterocycles. The molecule has 30 heavy (non-hydrogen) atoms. The maximum atomic E-state index is 12.7. The number of hydrogen-bond donors (Lipinski definition) is 2. The quantitative estimate of drug-likeness (QED) is 0.614. The molecule has 0 radical (unpaired) electrons. The van der Waals surface area contributed by atoms with E-state index in [1.54, 1.807) is 19.1 Å². The molecule has 8 heteroatoms. The van der Waals surface area contributed by atoms with Crippen LogP contribution in [0.5, 0.6) is 5.75 Å². The second-order valence-corrected chi connectivity index (χ2v) is 6.91. The number of esters is 1. The maximum Gasteiger partial charge on any atom is 0.338 e. The van der Waals surface area contributed by atoms with E-state index in [0.29, 0.717) is 36.7 Å². The highest BCUT2D eigenvalue weighted by molar-refractivity contribution is 5.95. The molecule has 2 N–H and O–H groups in total. The zero-order valence-electron chi connectivity index (χ0n) is 17.4. The first-order chi connectivity index (χ1) is 14.5. The number of likely N-dealkylation sites (N-methyl/N-ethyl adjacent to an activating group) is 1. The van der Waals surface area contributed by atoms with Crippen molar-refractivity contribution in [2.24, 2.45) is 0 Å². The molecule has 0 aliphatic carbocycles. The van der Waals surface area contributed by atoms with E-state index in [1.165, 1.54) is 6.26 Å². The monoisotopic (exact) mass is 413 g/mol. The van der Waals surface area contributed by atoms with E-state index in [4.69, 9.17) is 13.9 Å². The number of rotatable bonds is 9. The molecule has 0 spiro atoms. The van der Waals surface area contributed by atoms with Crippen molar-refractivity contribution in [1.29, 1.82) is 0 Å². The summed E-state index contributed by atoms with van der Waals surface area (Å²) in [7, 11) is 1.92. The number of carbonyl (C=O) groups is 2. The molecular formula is C22H27N3O5. The van der Waals surface area contributed by atoms with Gasteiger partial charge in [0.2, 0.25) is 0 Å². The number of carbonyl (C=O) groups excluding carboxylic acids is 2. The van der Waals surface area contributed by atoms with Crippen LogP contribution in [0, 0.1) is 0 Å². The largest absolute Gasteiger partial charge is 0.494 e. The Morgan fingerprint density at radius 3 is 2.53 bits per heavy atom. The Labute approximate surface area is 175 Å². The van der Waals surface area contributed by atoms with E-state index in [9.17, 15) is 9.59 Å². The van der Waals surface area contributed by atoms with Gasteiger partial charge >= 0.3 is 12.0 Å². The summed E-state index contributed by atoms with van der Waals surface area (Å²) < 4.78 is 16.2.